The Kier molecular flexibility index (Phi) is 4.85. The maximum absolute atomic E-state index is 11.6. The molecule has 1 aromatic carbocycles. The van der Waals surface area contributed by atoms with Crippen molar-refractivity contribution in [1.29, 1.82) is 0 Å². The topological polar surface area (TPSA) is 72.8 Å². The highest BCUT2D eigenvalue weighted by Crippen LogP contribution is 2.20. The molecule has 1 rings (SSSR count). The van der Waals surface area contributed by atoms with Crippen LogP contribution < -0.4 is 0 Å². The van der Waals surface area contributed by atoms with E-state index in [4.69, 9.17) is 0 Å². The van der Waals surface area contributed by atoms with Crippen molar-refractivity contribution in [2.24, 2.45) is 0 Å². The van der Waals surface area contributed by atoms with Crippen molar-refractivity contribution in [3.05, 3.63) is 35.9 Å². The van der Waals surface area contributed by atoms with Crippen LogP contribution in [0.25, 0.3) is 0 Å². The molecule has 0 fully saturated rings. The molecule has 0 aliphatic rings. The second-order valence-electron chi connectivity index (χ2n) is 3.94. The third-order valence-electron chi connectivity index (χ3n) is 2.57. The van der Waals surface area contributed by atoms with E-state index in [2.05, 4.69) is 9.47 Å². The third kappa shape index (κ3) is 3.56. The van der Waals surface area contributed by atoms with Crippen molar-refractivity contribution in [3.8, 4) is 0 Å². The monoisotopic (exact) mass is 252 g/mol. The SMILES string of the molecule is COC(=O)C[C@@](O)(Cc1ccccc1)C(=O)OC. The van der Waals surface area contributed by atoms with Crippen LogP contribution in [0.5, 0.6) is 0 Å². The van der Waals surface area contributed by atoms with Gasteiger partial charge >= 0.3 is 11.9 Å². The third-order valence-corrected chi connectivity index (χ3v) is 2.57. The van der Waals surface area contributed by atoms with Crippen LogP contribution in [-0.4, -0.2) is 36.9 Å². The zero-order valence-corrected chi connectivity index (χ0v) is 10.4. The lowest BCUT2D eigenvalue weighted by Gasteiger charge is -2.24. The fourth-order valence-electron chi connectivity index (χ4n) is 1.64. The molecule has 18 heavy (non-hydrogen) atoms. The number of ether oxygens (including phenoxy) is 2. The molecule has 0 aromatic heterocycles. The largest absolute Gasteiger partial charge is 0.469 e. The van der Waals surface area contributed by atoms with Crippen LogP contribution in [0, 0.1) is 0 Å². The summed E-state index contributed by atoms with van der Waals surface area (Å²) in [6.07, 6.45) is -0.444. The molecule has 1 N–H and O–H groups in total. The summed E-state index contributed by atoms with van der Waals surface area (Å²) in [7, 11) is 2.36. The lowest BCUT2D eigenvalue weighted by molar-refractivity contribution is -0.169. The second kappa shape index (κ2) is 6.16. The molecule has 5 nitrogen and oxygen atoms in total. The van der Waals surface area contributed by atoms with Crippen molar-refractivity contribution in [1.82, 2.24) is 0 Å². The Bertz CT molecular complexity index is 415. The van der Waals surface area contributed by atoms with Gasteiger partial charge in [-0.1, -0.05) is 30.3 Å². The minimum Gasteiger partial charge on any atom is -0.469 e. The number of carbonyl (C=O) groups is 2. The first-order valence-corrected chi connectivity index (χ1v) is 5.43. The van der Waals surface area contributed by atoms with Crippen molar-refractivity contribution in [3.63, 3.8) is 0 Å². The molecule has 0 unspecified atom stereocenters. The highest BCUT2D eigenvalue weighted by Gasteiger charge is 2.40. The molecule has 1 atom stereocenters. The number of rotatable bonds is 5. The summed E-state index contributed by atoms with van der Waals surface area (Å²) >= 11 is 0. The Morgan fingerprint density at radius 2 is 1.78 bits per heavy atom. The number of methoxy groups -OCH3 is 2. The fraction of sp³-hybridized carbons (Fsp3) is 0.385. The number of esters is 2. The number of carbonyl (C=O) groups excluding carboxylic acids is 2. The molecule has 0 saturated carbocycles. The fourth-order valence-corrected chi connectivity index (χ4v) is 1.64. The molecule has 0 radical (unpaired) electrons. The number of benzene rings is 1. The van der Waals surface area contributed by atoms with Gasteiger partial charge in [0.25, 0.3) is 0 Å². The van der Waals surface area contributed by atoms with Crippen LogP contribution in [0.2, 0.25) is 0 Å². The maximum atomic E-state index is 11.6. The predicted molar refractivity (Wildman–Crippen MR) is 63.7 cm³/mol. The zero-order chi connectivity index (χ0) is 13.6. The molecule has 0 amide bonds. The number of aliphatic hydroxyl groups is 1. The van der Waals surface area contributed by atoms with Gasteiger partial charge in [0, 0.05) is 6.42 Å². The van der Waals surface area contributed by atoms with Crippen molar-refractivity contribution in [2.75, 3.05) is 14.2 Å². The van der Waals surface area contributed by atoms with Crippen molar-refractivity contribution >= 4 is 11.9 Å². The first-order valence-electron chi connectivity index (χ1n) is 5.43. The summed E-state index contributed by atoms with van der Waals surface area (Å²) in [6, 6.07) is 8.90. The molecule has 0 saturated heterocycles. The molecule has 0 aliphatic heterocycles. The Balaban J connectivity index is 2.91. The molecular weight excluding hydrogens is 236 g/mol. The lowest BCUT2D eigenvalue weighted by Crippen LogP contribution is -2.44. The average Bonchev–Trinajstić information content (AvgIpc) is 2.38. The minimum absolute atomic E-state index is 0.00435. The van der Waals surface area contributed by atoms with Gasteiger partial charge in [-0.15, -0.1) is 0 Å². The molecule has 1 aromatic rings. The van der Waals surface area contributed by atoms with E-state index in [0.29, 0.717) is 0 Å². The van der Waals surface area contributed by atoms with E-state index in [0.717, 1.165) is 12.7 Å². The first kappa shape index (κ1) is 14.2. The van der Waals surface area contributed by atoms with Gasteiger partial charge < -0.3 is 14.6 Å². The van der Waals surface area contributed by atoms with Gasteiger partial charge in [-0.3, -0.25) is 4.79 Å². The highest BCUT2D eigenvalue weighted by atomic mass is 16.5. The number of hydrogen-bond donors (Lipinski definition) is 1. The molecule has 5 heteroatoms. The van der Waals surface area contributed by atoms with Crippen LogP contribution in [0.4, 0.5) is 0 Å². The Hall–Kier alpha value is -1.88. The summed E-state index contributed by atoms with van der Waals surface area (Å²) in [4.78, 5) is 22.9. The van der Waals surface area contributed by atoms with E-state index in [1.54, 1.807) is 24.3 Å². The van der Waals surface area contributed by atoms with Gasteiger partial charge in [0.1, 0.15) is 0 Å². The number of hydrogen-bond acceptors (Lipinski definition) is 5. The standard InChI is InChI=1S/C13H16O5/c1-17-11(14)9-13(16,12(15)18-2)8-10-6-4-3-5-7-10/h3-7,16H,8-9H2,1-2H3/t13-/m0/s1. The molecule has 98 valence electrons. The normalized spacial score (nSPS) is 13.5. The van der Waals surface area contributed by atoms with Crippen LogP contribution in [0.15, 0.2) is 30.3 Å². The van der Waals surface area contributed by atoms with E-state index in [-0.39, 0.29) is 6.42 Å². The van der Waals surface area contributed by atoms with E-state index in [1.807, 2.05) is 6.07 Å². The summed E-state index contributed by atoms with van der Waals surface area (Å²) in [6.45, 7) is 0. The maximum Gasteiger partial charge on any atom is 0.338 e. The Morgan fingerprint density at radius 1 is 1.17 bits per heavy atom. The molecule has 0 heterocycles. The van der Waals surface area contributed by atoms with Crippen LogP contribution in [0.1, 0.15) is 12.0 Å². The second-order valence-corrected chi connectivity index (χ2v) is 3.94. The van der Waals surface area contributed by atoms with Crippen LogP contribution in [-0.2, 0) is 25.5 Å². The molecule has 0 bridgehead atoms. The van der Waals surface area contributed by atoms with Crippen LogP contribution in [0.3, 0.4) is 0 Å². The Labute approximate surface area is 105 Å². The lowest BCUT2D eigenvalue weighted by atomic mass is 9.91. The van der Waals surface area contributed by atoms with Gasteiger partial charge in [0.05, 0.1) is 20.6 Å². The smallest absolute Gasteiger partial charge is 0.338 e. The summed E-state index contributed by atoms with van der Waals surface area (Å²) < 4.78 is 9.01. The summed E-state index contributed by atoms with van der Waals surface area (Å²) in [5.41, 5.74) is -1.17. The summed E-state index contributed by atoms with van der Waals surface area (Å²) in [5, 5.41) is 10.3. The van der Waals surface area contributed by atoms with E-state index < -0.39 is 24.0 Å². The van der Waals surface area contributed by atoms with Gasteiger partial charge in [-0.05, 0) is 5.56 Å². The van der Waals surface area contributed by atoms with E-state index in [1.165, 1.54) is 7.11 Å². The average molecular weight is 252 g/mol. The van der Waals surface area contributed by atoms with Gasteiger partial charge in [0.2, 0.25) is 0 Å². The van der Waals surface area contributed by atoms with E-state index in [9.17, 15) is 14.7 Å². The van der Waals surface area contributed by atoms with Gasteiger partial charge in [0.15, 0.2) is 5.60 Å². The first-order chi connectivity index (χ1) is 8.51. The Morgan fingerprint density at radius 3 is 2.28 bits per heavy atom. The molecule has 0 aliphatic carbocycles. The van der Waals surface area contributed by atoms with E-state index >= 15 is 0 Å². The quantitative estimate of drug-likeness (QED) is 0.781. The molecular formula is C13H16O5. The summed E-state index contributed by atoms with van der Waals surface area (Å²) in [5.74, 6) is -1.52. The minimum atomic E-state index is -1.90. The predicted octanol–water partition coefficient (Wildman–Crippen LogP) is 0.696. The zero-order valence-electron chi connectivity index (χ0n) is 10.4. The van der Waals surface area contributed by atoms with Gasteiger partial charge in [-0.25, -0.2) is 4.79 Å². The van der Waals surface area contributed by atoms with Gasteiger partial charge in [-0.2, -0.15) is 0 Å². The highest BCUT2D eigenvalue weighted by molar-refractivity contribution is 5.85. The van der Waals surface area contributed by atoms with Crippen molar-refractivity contribution in [2.45, 2.75) is 18.4 Å². The van der Waals surface area contributed by atoms with Crippen molar-refractivity contribution < 1.29 is 24.2 Å². The van der Waals surface area contributed by atoms with Crippen LogP contribution >= 0.6 is 0 Å². The molecule has 0 spiro atoms.